The highest BCUT2D eigenvalue weighted by molar-refractivity contribution is 5.18. The van der Waals surface area contributed by atoms with E-state index < -0.39 is 11.6 Å². The molecule has 0 saturated carbocycles. The van der Waals surface area contributed by atoms with Crippen LogP contribution in [0.1, 0.15) is 24.8 Å². The average molecular weight is 225 g/mol. The van der Waals surface area contributed by atoms with Crippen LogP contribution in [0.5, 0.6) is 0 Å². The molecule has 1 unspecified atom stereocenters. The summed E-state index contributed by atoms with van der Waals surface area (Å²) in [4.78, 5) is 0. The number of benzene rings is 1. The summed E-state index contributed by atoms with van der Waals surface area (Å²) in [7, 11) is 0. The number of nitrogens with one attached hydrogen (secondary N) is 1. The molecule has 1 aliphatic rings. The highest BCUT2D eigenvalue weighted by Crippen LogP contribution is 2.19. The van der Waals surface area contributed by atoms with Crippen molar-refractivity contribution in [3.05, 3.63) is 35.4 Å². The monoisotopic (exact) mass is 225 g/mol. The summed E-state index contributed by atoms with van der Waals surface area (Å²) >= 11 is 0. The summed E-state index contributed by atoms with van der Waals surface area (Å²) in [6.45, 7) is 2.13. The molecule has 1 atom stereocenters. The minimum Gasteiger partial charge on any atom is -0.316 e. The van der Waals surface area contributed by atoms with Crippen molar-refractivity contribution in [1.82, 2.24) is 5.32 Å². The third-order valence-electron chi connectivity index (χ3n) is 3.24. The topological polar surface area (TPSA) is 12.0 Å². The largest absolute Gasteiger partial charge is 0.316 e. The molecular weight excluding hydrogens is 208 g/mol. The normalized spacial score (nSPS) is 21.0. The van der Waals surface area contributed by atoms with Gasteiger partial charge in [-0.05, 0) is 56.3 Å². The third kappa shape index (κ3) is 3.01. The molecule has 16 heavy (non-hydrogen) atoms. The Morgan fingerprint density at radius 3 is 2.88 bits per heavy atom. The van der Waals surface area contributed by atoms with Gasteiger partial charge in [0, 0.05) is 6.07 Å². The maximum atomic E-state index is 13.3. The van der Waals surface area contributed by atoms with E-state index in [9.17, 15) is 8.78 Å². The first-order chi connectivity index (χ1) is 7.75. The van der Waals surface area contributed by atoms with Gasteiger partial charge in [0.1, 0.15) is 11.6 Å². The standard InChI is InChI=1S/C13H17F2N/c14-12-6-5-11(13(15)8-12)4-3-10-2-1-7-16-9-10/h5-6,8,10,16H,1-4,7,9H2. The molecule has 1 aliphatic heterocycles. The Kier molecular flexibility index (Phi) is 3.88. The lowest BCUT2D eigenvalue weighted by Crippen LogP contribution is -2.29. The molecule has 1 saturated heterocycles. The number of rotatable bonds is 3. The summed E-state index contributed by atoms with van der Waals surface area (Å²) in [6, 6.07) is 3.85. The van der Waals surface area contributed by atoms with E-state index in [2.05, 4.69) is 5.32 Å². The van der Waals surface area contributed by atoms with Crippen molar-refractivity contribution in [3.8, 4) is 0 Å². The molecule has 0 aliphatic carbocycles. The van der Waals surface area contributed by atoms with Gasteiger partial charge in [-0.1, -0.05) is 6.07 Å². The summed E-state index contributed by atoms with van der Waals surface area (Å²) < 4.78 is 26.0. The van der Waals surface area contributed by atoms with E-state index in [1.54, 1.807) is 6.07 Å². The average Bonchev–Trinajstić information content (AvgIpc) is 2.29. The van der Waals surface area contributed by atoms with Crippen LogP contribution >= 0.6 is 0 Å². The van der Waals surface area contributed by atoms with Crippen molar-refractivity contribution in [2.75, 3.05) is 13.1 Å². The molecule has 1 aromatic carbocycles. The molecule has 0 spiro atoms. The minimum atomic E-state index is -0.499. The Hall–Kier alpha value is -0.960. The van der Waals surface area contributed by atoms with Crippen molar-refractivity contribution in [2.45, 2.75) is 25.7 Å². The van der Waals surface area contributed by atoms with Gasteiger partial charge in [-0.25, -0.2) is 8.78 Å². The van der Waals surface area contributed by atoms with E-state index >= 15 is 0 Å². The maximum absolute atomic E-state index is 13.3. The SMILES string of the molecule is Fc1ccc(CCC2CCCNC2)c(F)c1. The molecule has 2 rings (SSSR count). The van der Waals surface area contributed by atoms with Gasteiger partial charge in [0.2, 0.25) is 0 Å². The molecule has 1 fully saturated rings. The Morgan fingerprint density at radius 1 is 1.31 bits per heavy atom. The van der Waals surface area contributed by atoms with Crippen LogP contribution in [-0.4, -0.2) is 13.1 Å². The summed E-state index contributed by atoms with van der Waals surface area (Å²) in [5.74, 6) is -0.275. The fourth-order valence-corrected chi connectivity index (χ4v) is 2.25. The van der Waals surface area contributed by atoms with Crippen LogP contribution in [0, 0.1) is 17.6 Å². The van der Waals surface area contributed by atoms with Crippen molar-refractivity contribution in [3.63, 3.8) is 0 Å². The van der Waals surface area contributed by atoms with Crippen molar-refractivity contribution in [1.29, 1.82) is 0 Å². The quantitative estimate of drug-likeness (QED) is 0.834. The lowest BCUT2D eigenvalue weighted by atomic mass is 9.92. The molecule has 1 nitrogen and oxygen atoms in total. The van der Waals surface area contributed by atoms with Gasteiger partial charge in [-0.3, -0.25) is 0 Å². The number of aryl methyl sites for hydroxylation is 1. The van der Waals surface area contributed by atoms with Gasteiger partial charge in [0.15, 0.2) is 0 Å². The van der Waals surface area contributed by atoms with Gasteiger partial charge in [0.05, 0.1) is 0 Å². The van der Waals surface area contributed by atoms with Gasteiger partial charge in [-0.2, -0.15) is 0 Å². The number of hydrogen-bond acceptors (Lipinski definition) is 1. The second-order valence-corrected chi connectivity index (χ2v) is 4.49. The van der Waals surface area contributed by atoms with Crippen molar-refractivity contribution in [2.24, 2.45) is 5.92 Å². The van der Waals surface area contributed by atoms with Crippen LogP contribution in [0.25, 0.3) is 0 Å². The first-order valence-corrected chi connectivity index (χ1v) is 5.90. The van der Waals surface area contributed by atoms with E-state index in [1.807, 2.05) is 0 Å². The van der Waals surface area contributed by atoms with Gasteiger partial charge in [-0.15, -0.1) is 0 Å². The second kappa shape index (κ2) is 5.39. The predicted molar refractivity (Wildman–Crippen MR) is 60.3 cm³/mol. The fourth-order valence-electron chi connectivity index (χ4n) is 2.25. The molecule has 0 amide bonds. The van der Waals surface area contributed by atoms with Crippen LogP contribution in [0.4, 0.5) is 8.78 Å². The van der Waals surface area contributed by atoms with E-state index in [4.69, 9.17) is 0 Å². The van der Waals surface area contributed by atoms with Crippen LogP contribution in [0.2, 0.25) is 0 Å². The Bertz CT molecular complexity index is 346. The highest BCUT2D eigenvalue weighted by Gasteiger charge is 2.13. The summed E-state index contributed by atoms with van der Waals surface area (Å²) in [5, 5.41) is 3.34. The molecule has 0 aromatic heterocycles. The number of piperidine rings is 1. The van der Waals surface area contributed by atoms with E-state index in [0.29, 0.717) is 17.9 Å². The fraction of sp³-hybridized carbons (Fsp3) is 0.538. The van der Waals surface area contributed by atoms with Gasteiger partial charge < -0.3 is 5.32 Å². The van der Waals surface area contributed by atoms with Gasteiger partial charge >= 0.3 is 0 Å². The van der Waals surface area contributed by atoms with Crippen LogP contribution in [0.15, 0.2) is 18.2 Å². The Balaban J connectivity index is 1.88. The van der Waals surface area contributed by atoms with Crippen LogP contribution in [-0.2, 0) is 6.42 Å². The zero-order valence-electron chi connectivity index (χ0n) is 9.31. The van der Waals surface area contributed by atoms with Crippen LogP contribution < -0.4 is 5.32 Å². The molecule has 0 radical (unpaired) electrons. The first kappa shape index (κ1) is 11.5. The van der Waals surface area contributed by atoms with Crippen LogP contribution in [0.3, 0.4) is 0 Å². The number of halogens is 2. The van der Waals surface area contributed by atoms with E-state index in [1.165, 1.54) is 18.9 Å². The Labute approximate surface area is 94.9 Å². The third-order valence-corrected chi connectivity index (χ3v) is 3.24. The van der Waals surface area contributed by atoms with Crippen molar-refractivity contribution >= 4 is 0 Å². The van der Waals surface area contributed by atoms with E-state index in [-0.39, 0.29) is 0 Å². The number of hydrogen-bond donors (Lipinski definition) is 1. The van der Waals surface area contributed by atoms with E-state index in [0.717, 1.165) is 25.6 Å². The zero-order chi connectivity index (χ0) is 11.4. The predicted octanol–water partition coefficient (Wildman–Crippen LogP) is 2.90. The second-order valence-electron chi connectivity index (χ2n) is 4.49. The lowest BCUT2D eigenvalue weighted by Gasteiger charge is -2.22. The molecule has 3 heteroatoms. The maximum Gasteiger partial charge on any atom is 0.129 e. The molecule has 0 bridgehead atoms. The molecule has 1 N–H and O–H groups in total. The smallest absolute Gasteiger partial charge is 0.129 e. The minimum absolute atomic E-state index is 0.413. The molecule has 1 heterocycles. The van der Waals surface area contributed by atoms with Crippen molar-refractivity contribution < 1.29 is 8.78 Å². The molecule has 1 aromatic rings. The first-order valence-electron chi connectivity index (χ1n) is 5.90. The zero-order valence-corrected chi connectivity index (χ0v) is 9.31. The lowest BCUT2D eigenvalue weighted by molar-refractivity contribution is 0.356. The van der Waals surface area contributed by atoms with Gasteiger partial charge in [0.25, 0.3) is 0 Å². The highest BCUT2D eigenvalue weighted by atomic mass is 19.1. The Morgan fingerprint density at radius 2 is 2.19 bits per heavy atom. The summed E-state index contributed by atoms with van der Waals surface area (Å²) in [5.41, 5.74) is 0.631. The molecule has 88 valence electrons. The summed E-state index contributed by atoms with van der Waals surface area (Å²) in [6.07, 6.45) is 4.11. The molecular formula is C13H17F2N.